The molecule has 0 aromatic carbocycles. The summed E-state index contributed by atoms with van der Waals surface area (Å²) in [5.74, 6) is 0.891. The first kappa shape index (κ1) is 17.0. The average molecular weight is 310 g/mol. The van der Waals surface area contributed by atoms with Crippen molar-refractivity contribution in [2.45, 2.75) is 85.1 Å². The summed E-state index contributed by atoms with van der Waals surface area (Å²) >= 11 is 1.90. The molecule has 1 aromatic heterocycles. The number of aryl methyl sites for hydroxylation is 1. The Bertz CT molecular complexity index is 439. The first-order valence-corrected chi connectivity index (χ1v) is 9.10. The average Bonchev–Trinajstić information content (AvgIpc) is 2.76. The van der Waals surface area contributed by atoms with Gasteiger partial charge in [-0.15, -0.1) is 11.3 Å². The Morgan fingerprint density at radius 1 is 1.24 bits per heavy atom. The lowest BCUT2D eigenvalue weighted by Gasteiger charge is -2.26. The zero-order chi connectivity index (χ0) is 15.5. The molecule has 21 heavy (non-hydrogen) atoms. The van der Waals surface area contributed by atoms with Gasteiger partial charge in [0.25, 0.3) is 0 Å². The van der Waals surface area contributed by atoms with E-state index >= 15 is 0 Å². The van der Waals surface area contributed by atoms with Gasteiger partial charge in [-0.1, -0.05) is 6.92 Å². The van der Waals surface area contributed by atoms with Crippen LogP contribution in [-0.2, 0) is 17.9 Å². The fraction of sp³-hybridized carbons (Fsp3) is 0.778. The second kappa shape index (κ2) is 7.26. The summed E-state index contributed by atoms with van der Waals surface area (Å²) in [5, 5.41) is 3.56. The van der Waals surface area contributed by atoms with E-state index in [0.717, 1.165) is 19.1 Å². The maximum Gasteiger partial charge on any atom is 0.0731 e. The highest BCUT2D eigenvalue weighted by Crippen LogP contribution is 2.28. The molecule has 1 N–H and O–H groups in total. The van der Waals surface area contributed by atoms with Gasteiger partial charge < -0.3 is 10.1 Å². The van der Waals surface area contributed by atoms with Crippen molar-refractivity contribution in [3.63, 3.8) is 0 Å². The van der Waals surface area contributed by atoms with Crippen LogP contribution in [0.2, 0.25) is 0 Å². The van der Waals surface area contributed by atoms with Gasteiger partial charge in [-0.25, -0.2) is 0 Å². The third-order valence-corrected chi connectivity index (χ3v) is 5.39. The normalized spacial score (nSPS) is 23.5. The maximum atomic E-state index is 6.14. The molecular weight excluding hydrogens is 278 g/mol. The lowest BCUT2D eigenvalue weighted by atomic mass is 9.89. The first-order valence-electron chi connectivity index (χ1n) is 8.28. The summed E-state index contributed by atoms with van der Waals surface area (Å²) in [7, 11) is 0. The van der Waals surface area contributed by atoms with Crippen LogP contribution in [0.15, 0.2) is 6.07 Å². The molecule has 1 aromatic rings. The van der Waals surface area contributed by atoms with E-state index in [1.807, 2.05) is 11.3 Å². The molecule has 3 heteroatoms. The molecule has 2 nitrogen and oxygen atoms in total. The van der Waals surface area contributed by atoms with Crippen LogP contribution in [0.25, 0.3) is 0 Å². The summed E-state index contributed by atoms with van der Waals surface area (Å²) in [5.41, 5.74) is 1.55. The summed E-state index contributed by atoms with van der Waals surface area (Å²) in [4.78, 5) is 2.82. The standard InChI is InChI=1S/C18H31NOS/c1-13-6-8-16(9-7-13)20-12-15-10-17(21-14(15)2)11-19-18(3,4)5/h10,13,16,19H,6-9,11-12H2,1-5H3. The van der Waals surface area contributed by atoms with Crippen molar-refractivity contribution in [2.24, 2.45) is 5.92 Å². The second-order valence-electron chi connectivity index (χ2n) is 7.59. The molecule has 0 spiro atoms. The van der Waals surface area contributed by atoms with Crippen LogP contribution < -0.4 is 5.32 Å². The highest BCUT2D eigenvalue weighted by molar-refractivity contribution is 7.12. The molecule has 0 radical (unpaired) electrons. The number of thiophene rings is 1. The van der Waals surface area contributed by atoms with Gasteiger partial charge >= 0.3 is 0 Å². The zero-order valence-electron chi connectivity index (χ0n) is 14.3. The van der Waals surface area contributed by atoms with Crippen LogP contribution in [0.4, 0.5) is 0 Å². The molecule has 1 saturated carbocycles. The van der Waals surface area contributed by atoms with Gasteiger partial charge in [-0.05, 0) is 70.9 Å². The van der Waals surface area contributed by atoms with Gasteiger partial charge in [-0.3, -0.25) is 0 Å². The van der Waals surface area contributed by atoms with Crippen molar-refractivity contribution >= 4 is 11.3 Å². The van der Waals surface area contributed by atoms with Crippen molar-refractivity contribution in [2.75, 3.05) is 0 Å². The Labute approximate surface area is 134 Å². The van der Waals surface area contributed by atoms with Crippen molar-refractivity contribution < 1.29 is 4.74 Å². The monoisotopic (exact) mass is 309 g/mol. The summed E-state index contributed by atoms with van der Waals surface area (Å²) in [6.07, 6.45) is 5.62. The van der Waals surface area contributed by atoms with E-state index in [1.165, 1.54) is 41.0 Å². The topological polar surface area (TPSA) is 21.3 Å². The van der Waals surface area contributed by atoms with Crippen molar-refractivity contribution in [3.8, 4) is 0 Å². The molecule has 2 rings (SSSR count). The van der Waals surface area contributed by atoms with Crippen molar-refractivity contribution in [1.29, 1.82) is 0 Å². The van der Waals surface area contributed by atoms with Crippen LogP contribution in [0.1, 0.15) is 68.7 Å². The smallest absolute Gasteiger partial charge is 0.0731 e. The highest BCUT2D eigenvalue weighted by Gasteiger charge is 2.19. The minimum atomic E-state index is 0.174. The van der Waals surface area contributed by atoms with Crippen molar-refractivity contribution in [3.05, 3.63) is 21.4 Å². The predicted molar refractivity (Wildman–Crippen MR) is 91.9 cm³/mol. The minimum absolute atomic E-state index is 0.174. The lowest BCUT2D eigenvalue weighted by Crippen LogP contribution is -2.34. The Morgan fingerprint density at radius 2 is 1.90 bits per heavy atom. The van der Waals surface area contributed by atoms with Gasteiger partial charge in [0.15, 0.2) is 0 Å². The molecule has 0 unspecified atom stereocenters. The third-order valence-electron chi connectivity index (χ3n) is 4.30. The molecule has 0 bridgehead atoms. The largest absolute Gasteiger partial charge is 0.374 e. The van der Waals surface area contributed by atoms with Gasteiger partial charge in [0.2, 0.25) is 0 Å². The molecule has 0 aliphatic heterocycles. The quantitative estimate of drug-likeness (QED) is 0.822. The Balaban J connectivity index is 1.82. The van der Waals surface area contributed by atoms with E-state index < -0.39 is 0 Å². The van der Waals surface area contributed by atoms with E-state index in [0.29, 0.717) is 6.10 Å². The van der Waals surface area contributed by atoms with Gasteiger partial charge in [0.1, 0.15) is 0 Å². The van der Waals surface area contributed by atoms with Gasteiger partial charge in [0.05, 0.1) is 12.7 Å². The van der Waals surface area contributed by atoms with Gasteiger partial charge in [-0.2, -0.15) is 0 Å². The first-order chi connectivity index (χ1) is 9.83. The molecule has 120 valence electrons. The van der Waals surface area contributed by atoms with Crippen LogP contribution >= 0.6 is 11.3 Å². The molecule has 1 aliphatic rings. The maximum absolute atomic E-state index is 6.14. The van der Waals surface area contributed by atoms with Crippen LogP contribution in [0, 0.1) is 12.8 Å². The number of ether oxygens (including phenoxy) is 1. The SMILES string of the molecule is Cc1sc(CNC(C)(C)C)cc1COC1CCC(C)CC1. The zero-order valence-corrected chi connectivity index (χ0v) is 15.1. The Kier molecular flexibility index (Phi) is 5.87. The molecule has 0 amide bonds. The van der Waals surface area contributed by atoms with E-state index in [1.54, 1.807) is 0 Å². The molecule has 0 atom stereocenters. The Hall–Kier alpha value is -0.380. The summed E-state index contributed by atoms with van der Waals surface area (Å²) in [6.45, 7) is 12.9. The number of hydrogen-bond donors (Lipinski definition) is 1. The molecule has 1 heterocycles. The molecule has 1 aliphatic carbocycles. The number of nitrogens with one attached hydrogen (secondary N) is 1. The van der Waals surface area contributed by atoms with Crippen LogP contribution in [0.5, 0.6) is 0 Å². The van der Waals surface area contributed by atoms with Crippen LogP contribution in [0.3, 0.4) is 0 Å². The van der Waals surface area contributed by atoms with E-state index in [4.69, 9.17) is 4.74 Å². The van der Waals surface area contributed by atoms with Gasteiger partial charge in [0, 0.05) is 21.8 Å². The Morgan fingerprint density at radius 3 is 2.52 bits per heavy atom. The fourth-order valence-electron chi connectivity index (χ4n) is 2.77. The lowest BCUT2D eigenvalue weighted by molar-refractivity contribution is 0.00872. The number of hydrogen-bond acceptors (Lipinski definition) is 3. The summed E-state index contributed by atoms with van der Waals surface area (Å²) in [6, 6.07) is 2.32. The van der Waals surface area contributed by atoms with Crippen molar-refractivity contribution in [1.82, 2.24) is 5.32 Å². The third kappa shape index (κ3) is 5.72. The minimum Gasteiger partial charge on any atom is -0.374 e. The highest BCUT2D eigenvalue weighted by atomic mass is 32.1. The second-order valence-corrected chi connectivity index (χ2v) is 8.93. The molecule has 1 fully saturated rings. The summed E-state index contributed by atoms with van der Waals surface area (Å²) < 4.78 is 6.14. The number of rotatable bonds is 5. The molecular formula is C18H31NOS. The molecule has 0 saturated heterocycles. The predicted octanol–water partition coefficient (Wildman–Crippen LogP) is 5.04. The van der Waals surface area contributed by atoms with E-state index in [2.05, 4.69) is 46.0 Å². The van der Waals surface area contributed by atoms with E-state index in [9.17, 15) is 0 Å². The van der Waals surface area contributed by atoms with Crippen LogP contribution in [-0.4, -0.2) is 11.6 Å². The fourth-order valence-corrected chi connectivity index (χ4v) is 3.76. The van der Waals surface area contributed by atoms with E-state index in [-0.39, 0.29) is 5.54 Å².